The molecule has 1 aliphatic heterocycles. The summed E-state index contributed by atoms with van der Waals surface area (Å²) in [5.74, 6) is 0.216. The van der Waals surface area contributed by atoms with E-state index in [-0.39, 0.29) is 23.4 Å². The van der Waals surface area contributed by atoms with Gasteiger partial charge >= 0.3 is 0 Å². The average Bonchev–Trinajstić information content (AvgIpc) is 3.42. The van der Waals surface area contributed by atoms with E-state index < -0.39 is 0 Å². The van der Waals surface area contributed by atoms with Gasteiger partial charge in [-0.2, -0.15) is 0 Å². The van der Waals surface area contributed by atoms with Crippen molar-refractivity contribution >= 4 is 40.1 Å². The van der Waals surface area contributed by atoms with Crippen LogP contribution in [0.15, 0.2) is 72.2 Å². The SMILES string of the molecule is C=CC(=O)N1CCC[C@@H](n2c(NC(=O)c3ccc(-c4ccc(=O)[nH]c4)s3)nc3ccccc32)CC1. The minimum Gasteiger partial charge on any atom is -0.339 e. The van der Waals surface area contributed by atoms with Crippen LogP contribution in [0.1, 0.15) is 35.0 Å². The molecule has 1 atom stereocenters. The second-order valence-electron chi connectivity index (χ2n) is 8.47. The van der Waals surface area contributed by atoms with Crippen LogP contribution in [0.2, 0.25) is 0 Å². The van der Waals surface area contributed by atoms with Gasteiger partial charge in [0.25, 0.3) is 5.91 Å². The number of H-pyrrole nitrogens is 1. The quantitative estimate of drug-likeness (QED) is 0.406. The van der Waals surface area contributed by atoms with Crippen LogP contribution in [-0.4, -0.2) is 44.3 Å². The number of anilines is 1. The minimum atomic E-state index is -0.237. The molecule has 1 aromatic carbocycles. The molecule has 0 saturated carbocycles. The van der Waals surface area contributed by atoms with E-state index in [4.69, 9.17) is 4.98 Å². The Hall–Kier alpha value is -3.98. The third-order valence-corrected chi connectivity index (χ3v) is 7.40. The average molecular weight is 488 g/mol. The van der Waals surface area contributed by atoms with Gasteiger partial charge in [-0.1, -0.05) is 18.7 Å². The molecule has 1 fully saturated rings. The molecule has 0 spiro atoms. The summed E-state index contributed by atoms with van der Waals surface area (Å²) in [4.78, 5) is 47.3. The van der Waals surface area contributed by atoms with E-state index >= 15 is 0 Å². The van der Waals surface area contributed by atoms with Gasteiger partial charge in [0.05, 0.1) is 15.9 Å². The standard InChI is InChI=1S/C26H25N5O3S/c1-2-24(33)30-14-5-6-18(13-15-30)31-20-8-4-3-7-19(20)28-26(31)29-25(34)22-11-10-21(35-22)17-9-12-23(32)27-16-17/h2-4,7-12,16,18H,1,5-6,13-15H2,(H,27,32)(H,28,29,34)/t18-/m1/s1. The van der Waals surface area contributed by atoms with Gasteiger partial charge in [-0.05, 0) is 55.7 Å². The number of likely N-dealkylation sites (tertiary alicyclic amines) is 1. The highest BCUT2D eigenvalue weighted by Crippen LogP contribution is 2.32. The van der Waals surface area contributed by atoms with E-state index in [1.807, 2.05) is 35.2 Å². The molecule has 8 nitrogen and oxygen atoms in total. The van der Waals surface area contributed by atoms with Crippen LogP contribution in [0.5, 0.6) is 0 Å². The van der Waals surface area contributed by atoms with Gasteiger partial charge in [0.2, 0.25) is 17.4 Å². The van der Waals surface area contributed by atoms with Gasteiger partial charge in [0.1, 0.15) is 0 Å². The Morgan fingerprint density at radius 2 is 1.97 bits per heavy atom. The fourth-order valence-corrected chi connectivity index (χ4v) is 5.43. The van der Waals surface area contributed by atoms with Crippen molar-refractivity contribution in [1.29, 1.82) is 0 Å². The molecule has 9 heteroatoms. The summed E-state index contributed by atoms with van der Waals surface area (Å²) in [5.41, 5.74) is 2.44. The summed E-state index contributed by atoms with van der Waals surface area (Å²) in [5, 5.41) is 3.02. The highest BCUT2D eigenvalue weighted by Gasteiger charge is 2.25. The molecule has 0 radical (unpaired) electrons. The van der Waals surface area contributed by atoms with Crippen LogP contribution in [0.4, 0.5) is 5.95 Å². The maximum atomic E-state index is 13.2. The first kappa shape index (κ1) is 22.8. The Kier molecular flexibility index (Phi) is 6.33. The van der Waals surface area contributed by atoms with Gasteiger partial charge in [0, 0.05) is 41.8 Å². The number of fused-ring (bicyclic) bond motifs is 1. The molecule has 0 unspecified atom stereocenters. The van der Waals surface area contributed by atoms with Gasteiger partial charge in [-0.25, -0.2) is 4.98 Å². The lowest BCUT2D eigenvalue weighted by molar-refractivity contribution is -0.125. The van der Waals surface area contributed by atoms with Crippen LogP contribution in [0.25, 0.3) is 21.5 Å². The predicted octanol–water partition coefficient (Wildman–Crippen LogP) is 4.45. The highest BCUT2D eigenvalue weighted by atomic mass is 32.1. The molecular weight excluding hydrogens is 462 g/mol. The van der Waals surface area contributed by atoms with E-state index in [9.17, 15) is 14.4 Å². The molecule has 4 heterocycles. The first-order valence-electron chi connectivity index (χ1n) is 11.5. The lowest BCUT2D eigenvalue weighted by atomic mass is 10.1. The van der Waals surface area contributed by atoms with Gasteiger partial charge in [-0.15, -0.1) is 11.3 Å². The molecule has 178 valence electrons. The lowest BCUT2D eigenvalue weighted by Crippen LogP contribution is -2.30. The third kappa shape index (κ3) is 4.67. The molecule has 35 heavy (non-hydrogen) atoms. The van der Waals surface area contributed by atoms with Crippen molar-refractivity contribution in [3.8, 4) is 10.4 Å². The number of hydrogen-bond donors (Lipinski definition) is 2. The van der Waals surface area contributed by atoms with Crippen LogP contribution < -0.4 is 10.9 Å². The third-order valence-electron chi connectivity index (χ3n) is 6.27. The van der Waals surface area contributed by atoms with E-state index in [2.05, 4.69) is 21.4 Å². The van der Waals surface area contributed by atoms with Crippen molar-refractivity contribution in [3.05, 3.63) is 82.6 Å². The molecule has 5 rings (SSSR count). The first-order chi connectivity index (χ1) is 17.0. The second-order valence-corrected chi connectivity index (χ2v) is 9.55. The summed E-state index contributed by atoms with van der Waals surface area (Å²) < 4.78 is 2.10. The Morgan fingerprint density at radius 3 is 2.77 bits per heavy atom. The van der Waals surface area contributed by atoms with E-state index in [0.29, 0.717) is 23.9 Å². The number of nitrogens with one attached hydrogen (secondary N) is 2. The van der Waals surface area contributed by atoms with E-state index in [0.717, 1.165) is 40.7 Å². The number of amides is 2. The summed E-state index contributed by atoms with van der Waals surface area (Å²) in [7, 11) is 0. The molecular formula is C26H25N5O3S. The zero-order valence-electron chi connectivity index (χ0n) is 19.1. The van der Waals surface area contributed by atoms with E-state index in [1.54, 1.807) is 18.3 Å². The number of aromatic nitrogens is 3. The maximum Gasteiger partial charge on any atom is 0.268 e. The summed E-state index contributed by atoms with van der Waals surface area (Å²) in [6.07, 6.45) is 5.50. The number of pyridine rings is 1. The van der Waals surface area contributed by atoms with Crippen LogP contribution in [-0.2, 0) is 4.79 Å². The molecule has 0 aliphatic carbocycles. The molecule has 1 aliphatic rings. The van der Waals surface area contributed by atoms with Crippen molar-refractivity contribution in [2.24, 2.45) is 0 Å². The van der Waals surface area contributed by atoms with Gasteiger partial charge in [-0.3, -0.25) is 19.7 Å². The second kappa shape index (κ2) is 9.71. The zero-order valence-corrected chi connectivity index (χ0v) is 19.9. The maximum absolute atomic E-state index is 13.2. The Morgan fingerprint density at radius 1 is 1.11 bits per heavy atom. The largest absolute Gasteiger partial charge is 0.339 e. The van der Waals surface area contributed by atoms with Crippen molar-refractivity contribution in [2.45, 2.75) is 25.3 Å². The molecule has 4 aromatic rings. The Labute approximate surface area is 205 Å². The molecule has 2 N–H and O–H groups in total. The number of hydrogen-bond acceptors (Lipinski definition) is 5. The topological polar surface area (TPSA) is 100 Å². The predicted molar refractivity (Wildman–Crippen MR) is 138 cm³/mol. The highest BCUT2D eigenvalue weighted by molar-refractivity contribution is 7.17. The van der Waals surface area contributed by atoms with Crippen molar-refractivity contribution < 1.29 is 9.59 Å². The monoisotopic (exact) mass is 487 g/mol. The van der Waals surface area contributed by atoms with Crippen molar-refractivity contribution in [1.82, 2.24) is 19.4 Å². The van der Waals surface area contributed by atoms with E-state index in [1.165, 1.54) is 23.5 Å². The molecule has 0 bridgehead atoms. The van der Waals surface area contributed by atoms with Crippen LogP contribution in [0, 0.1) is 0 Å². The number of rotatable bonds is 5. The first-order valence-corrected chi connectivity index (χ1v) is 12.3. The van der Waals surface area contributed by atoms with Crippen LogP contribution >= 0.6 is 11.3 Å². The fourth-order valence-electron chi connectivity index (χ4n) is 4.53. The Bertz CT molecular complexity index is 1450. The van der Waals surface area contributed by atoms with Gasteiger partial charge in [0.15, 0.2) is 0 Å². The number of imidazole rings is 1. The molecule has 2 amide bonds. The molecule has 1 saturated heterocycles. The fraction of sp³-hybridized carbons (Fsp3) is 0.231. The number of aromatic amines is 1. The number of thiophene rings is 1. The van der Waals surface area contributed by atoms with Crippen molar-refractivity contribution in [2.75, 3.05) is 18.4 Å². The summed E-state index contributed by atoms with van der Waals surface area (Å²) in [6, 6.07) is 14.8. The van der Waals surface area contributed by atoms with Gasteiger partial charge < -0.3 is 14.5 Å². The van der Waals surface area contributed by atoms with Crippen LogP contribution in [0.3, 0.4) is 0 Å². The van der Waals surface area contributed by atoms with Crippen molar-refractivity contribution in [3.63, 3.8) is 0 Å². The molecule has 3 aromatic heterocycles. The number of para-hydroxylation sites is 2. The minimum absolute atomic E-state index is 0.0503. The smallest absolute Gasteiger partial charge is 0.268 e. The summed E-state index contributed by atoms with van der Waals surface area (Å²) in [6.45, 7) is 4.93. The number of benzene rings is 1. The lowest BCUT2D eigenvalue weighted by Gasteiger charge is -2.21. The zero-order chi connectivity index (χ0) is 24.4. The summed E-state index contributed by atoms with van der Waals surface area (Å²) >= 11 is 1.35. The number of carbonyl (C=O) groups excluding carboxylic acids is 2. The Balaban J connectivity index is 1.42. The number of nitrogens with zero attached hydrogens (tertiary/aromatic N) is 3. The number of carbonyl (C=O) groups is 2. The normalized spacial score (nSPS) is 16.1.